The van der Waals surface area contributed by atoms with Crippen LogP contribution in [0.2, 0.25) is 0 Å². The molecule has 0 unspecified atom stereocenters. The van der Waals surface area contributed by atoms with Gasteiger partial charge in [-0.15, -0.1) is 0 Å². The van der Waals surface area contributed by atoms with Crippen LogP contribution < -0.4 is 0 Å². The molecule has 4 heteroatoms. The topological polar surface area (TPSA) is 38.8 Å². The number of rotatable bonds is 7. The van der Waals surface area contributed by atoms with Gasteiger partial charge in [-0.05, 0) is 27.7 Å². The standard InChI is InChI=1S/C6H14O2.C4H9NO.C4H10/c1-4-7-6(3)8-5-2;1-3-5(2)4-6;1-3-4-2/h6H,4-5H2,1-3H3;4H,3H2,1-2H3;3-4H2,1-2H3. The Morgan fingerprint density at radius 2 is 1.39 bits per heavy atom. The molecule has 0 radical (unpaired) electrons. The third-order valence-corrected chi connectivity index (χ3v) is 1.98. The lowest BCUT2D eigenvalue weighted by molar-refractivity contribution is -0.123. The fourth-order valence-corrected chi connectivity index (χ4v) is 0.592. The third-order valence-electron chi connectivity index (χ3n) is 1.98. The lowest BCUT2D eigenvalue weighted by Gasteiger charge is -2.09. The summed E-state index contributed by atoms with van der Waals surface area (Å²) in [5.74, 6) is 0. The molecule has 0 saturated heterocycles. The minimum atomic E-state index is -0.0370. The summed E-state index contributed by atoms with van der Waals surface area (Å²) in [5.41, 5.74) is 0. The maximum atomic E-state index is 9.66. The largest absolute Gasteiger partial charge is 0.353 e. The molecule has 0 aromatic rings. The van der Waals surface area contributed by atoms with Gasteiger partial charge in [-0.1, -0.05) is 26.7 Å². The highest BCUT2D eigenvalue weighted by molar-refractivity contribution is 5.45. The van der Waals surface area contributed by atoms with Crippen LogP contribution in [0, 0.1) is 0 Å². The van der Waals surface area contributed by atoms with Gasteiger partial charge in [0.1, 0.15) is 0 Å². The maximum absolute atomic E-state index is 9.66. The Kier molecular flexibility index (Phi) is 27.1. The number of carbonyl (C=O) groups excluding carboxylic acids is 1. The average molecular weight is 263 g/mol. The summed E-state index contributed by atoms with van der Waals surface area (Å²) in [6.45, 7) is 14.3. The van der Waals surface area contributed by atoms with Crippen molar-refractivity contribution in [3.05, 3.63) is 0 Å². The molecular weight excluding hydrogens is 230 g/mol. The number of ether oxygens (including phenoxy) is 2. The molecule has 0 aliphatic heterocycles. The van der Waals surface area contributed by atoms with E-state index in [1.807, 2.05) is 27.7 Å². The summed E-state index contributed by atoms with van der Waals surface area (Å²) < 4.78 is 10.1. The average Bonchev–Trinajstić information content (AvgIpc) is 2.39. The first-order valence-electron chi connectivity index (χ1n) is 6.92. The van der Waals surface area contributed by atoms with Crippen molar-refractivity contribution in [2.45, 2.75) is 60.7 Å². The maximum Gasteiger partial charge on any atom is 0.209 e. The molecule has 0 N–H and O–H groups in total. The molecule has 0 aromatic carbocycles. The van der Waals surface area contributed by atoms with Crippen molar-refractivity contribution >= 4 is 6.41 Å². The molecule has 112 valence electrons. The molecule has 0 fully saturated rings. The van der Waals surface area contributed by atoms with Gasteiger partial charge >= 0.3 is 0 Å². The van der Waals surface area contributed by atoms with E-state index in [9.17, 15) is 4.79 Å². The number of hydrogen-bond acceptors (Lipinski definition) is 3. The van der Waals surface area contributed by atoms with E-state index in [0.29, 0.717) is 0 Å². The molecule has 0 spiro atoms. The second-order valence-corrected chi connectivity index (χ2v) is 3.66. The Labute approximate surface area is 114 Å². The van der Waals surface area contributed by atoms with Crippen molar-refractivity contribution in [3.63, 3.8) is 0 Å². The van der Waals surface area contributed by atoms with Crippen LogP contribution in [-0.4, -0.2) is 44.4 Å². The van der Waals surface area contributed by atoms with Gasteiger partial charge in [-0.2, -0.15) is 0 Å². The molecule has 0 aromatic heterocycles. The van der Waals surface area contributed by atoms with Crippen molar-refractivity contribution in [3.8, 4) is 0 Å². The SMILES string of the molecule is CCCC.CCN(C)C=O.CCOC(C)OCC. The quantitative estimate of drug-likeness (QED) is 0.522. The van der Waals surface area contributed by atoms with E-state index in [2.05, 4.69) is 13.8 Å². The summed E-state index contributed by atoms with van der Waals surface area (Å²) in [4.78, 5) is 11.2. The molecule has 0 bridgehead atoms. The first-order valence-corrected chi connectivity index (χ1v) is 6.92. The molecule has 0 rings (SSSR count). The van der Waals surface area contributed by atoms with Crippen LogP contribution in [0.25, 0.3) is 0 Å². The van der Waals surface area contributed by atoms with E-state index in [1.165, 1.54) is 12.8 Å². The molecule has 18 heavy (non-hydrogen) atoms. The number of nitrogens with zero attached hydrogens (tertiary/aromatic N) is 1. The number of unbranched alkanes of at least 4 members (excludes halogenated alkanes) is 1. The second-order valence-electron chi connectivity index (χ2n) is 3.66. The van der Waals surface area contributed by atoms with Crippen LogP contribution >= 0.6 is 0 Å². The Morgan fingerprint density at radius 1 is 1.00 bits per heavy atom. The number of hydrogen-bond donors (Lipinski definition) is 0. The molecule has 0 saturated carbocycles. The van der Waals surface area contributed by atoms with Crippen LogP contribution in [0.1, 0.15) is 54.4 Å². The molecule has 0 aliphatic carbocycles. The summed E-state index contributed by atoms with van der Waals surface area (Å²) in [6.07, 6.45) is 3.41. The highest BCUT2D eigenvalue weighted by Crippen LogP contribution is 1.90. The van der Waals surface area contributed by atoms with Crippen molar-refractivity contribution in [2.75, 3.05) is 26.8 Å². The Balaban J connectivity index is -0.000000200. The van der Waals surface area contributed by atoms with Crippen molar-refractivity contribution in [2.24, 2.45) is 0 Å². The Bertz CT molecular complexity index is 135. The predicted molar refractivity (Wildman–Crippen MR) is 77.7 cm³/mol. The van der Waals surface area contributed by atoms with Crippen LogP contribution in [0.5, 0.6) is 0 Å². The minimum absolute atomic E-state index is 0.0370. The fraction of sp³-hybridized carbons (Fsp3) is 0.929. The third kappa shape index (κ3) is 29.5. The lowest BCUT2D eigenvalue weighted by Crippen LogP contribution is -2.13. The van der Waals surface area contributed by atoms with Gasteiger partial charge in [0.2, 0.25) is 6.41 Å². The summed E-state index contributed by atoms with van der Waals surface area (Å²) in [6, 6.07) is 0. The van der Waals surface area contributed by atoms with E-state index in [0.717, 1.165) is 26.2 Å². The van der Waals surface area contributed by atoms with Crippen molar-refractivity contribution in [1.29, 1.82) is 0 Å². The Morgan fingerprint density at radius 3 is 1.50 bits per heavy atom. The lowest BCUT2D eigenvalue weighted by atomic mass is 10.4. The zero-order valence-electron chi connectivity index (χ0n) is 13.4. The van der Waals surface area contributed by atoms with E-state index in [-0.39, 0.29) is 6.29 Å². The first kappa shape index (κ1) is 22.6. The van der Waals surface area contributed by atoms with Gasteiger partial charge < -0.3 is 14.4 Å². The molecular formula is C14H33NO3. The van der Waals surface area contributed by atoms with E-state index >= 15 is 0 Å². The zero-order chi connectivity index (χ0) is 14.8. The fourth-order valence-electron chi connectivity index (χ4n) is 0.592. The van der Waals surface area contributed by atoms with Crippen LogP contribution in [-0.2, 0) is 14.3 Å². The van der Waals surface area contributed by atoms with Crippen LogP contribution in [0.4, 0.5) is 0 Å². The zero-order valence-corrected chi connectivity index (χ0v) is 13.4. The van der Waals surface area contributed by atoms with Gasteiger partial charge in [0.15, 0.2) is 6.29 Å². The second kappa shape index (κ2) is 21.7. The van der Waals surface area contributed by atoms with Crippen molar-refractivity contribution < 1.29 is 14.3 Å². The molecule has 4 nitrogen and oxygen atoms in total. The van der Waals surface area contributed by atoms with Gasteiger partial charge in [0.05, 0.1) is 0 Å². The van der Waals surface area contributed by atoms with Crippen LogP contribution in [0.15, 0.2) is 0 Å². The highest BCUT2D eigenvalue weighted by Gasteiger charge is 1.94. The normalized spacial score (nSPS) is 8.89. The predicted octanol–water partition coefficient (Wildman–Crippen LogP) is 3.31. The first-order chi connectivity index (χ1) is 8.53. The monoisotopic (exact) mass is 263 g/mol. The van der Waals surface area contributed by atoms with Crippen LogP contribution in [0.3, 0.4) is 0 Å². The smallest absolute Gasteiger partial charge is 0.209 e. The van der Waals surface area contributed by atoms with E-state index in [1.54, 1.807) is 11.9 Å². The molecule has 0 atom stereocenters. The van der Waals surface area contributed by atoms with Crippen molar-refractivity contribution in [1.82, 2.24) is 4.90 Å². The molecule has 0 aliphatic rings. The Hall–Kier alpha value is -0.610. The summed E-state index contributed by atoms with van der Waals surface area (Å²) >= 11 is 0. The minimum Gasteiger partial charge on any atom is -0.353 e. The number of carbonyl (C=O) groups is 1. The van der Waals surface area contributed by atoms with E-state index < -0.39 is 0 Å². The van der Waals surface area contributed by atoms with Gasteiger partial charge in [0.25, 0.3) is 0 Å². The highest BCUT2D eigenvalue weighted by atomic mass is 16.7. The van der Waals surface area contributed by atoms with Gasteiger partial charge in [-0.25, -0.2) is 0 Å². The van der Waals surface area contributed by atoms with E-state index in [4.69, 9.17) is 9.47 Å². The number of amides is 1. The summed E-state index contributed by atoms with van der Waals surface area (Å²) in [7, 11) is 1.74. The van der Waals surface area contributed by atoms with Gasteiger partial charge in [0, 0.05) is 26.8 Å². The molecule has 1 amide bonds. The molecule has 0 heterocycles. The van der Waals surface area contributed by atoms with Gasteiger partial charge in [-0.3, -0.25) is 4.79 Å². The summed E-state index contributed by atoms with van der Waals surface area (Å²) in [5, 5.41) is 0.